The molecule has 1 amide bonds. The Hall–Kier alpha value is -1.56. The van der Waals surface area contributed by atoms with Crippen LogP contribution in [0.25, 0.3) is 0 Å². The van der Waals surface area contributed by atoms with Crippen LogP contribution >= 0.6 is 22.6 Å². The van der Waals surface area contributed by atoms with Crippen LogP contribution in [0.1, 0.15) is 18.1 Å². The van der Waals surface area contributed by atoms with Gasteiger partial charge >= 0.3 is 0 Å². The Bertz CT molecular complexity index is 655. The van der Waals surface area contributed by atoms with Gasteiger partial charge in [0.25, 0.3) is 5.91 Å². The minimum absolute atomic E-state index is 0.152. The first-order valence-corrected chi connectivity index (χ1v) is 7.84. The van der Waals surface area contributed by atoms with Gasteiger partial charge in [-0.05, 0) is 84.8 Å². The number of carbonyl (C=O) groups is 1. The van der Waals surface area contributed by atoms with E-state index in [0.717, 1.165) is 20.4 Å². The molecule has 0 aliphatic heterocycles. The molecule has 2 rings (SSSR count). The lowest BCUT2D eigenvalue weighted by Gasteiger charge is -2.16. The van der Waals surface area contributed by atoms with Crippen LogP contribution in [0.5, 0.6) is 5.75 Å². The number of rotatable bonds is 4. The Labute approximate surface area is 138 Å². The molecular weight excluding hydrogens is 377 g/mol. The number of hydrogen-bond donors (Lipinski definition) is 1. The molecule has 4 heteroatoms. The summed E-state index contributed by atoms with van der Waals surface area (Å²) in [7, 11) is 0. The van der Waals surface area contributed by atoms with E-state index < -0.39 is 6.10 Å². The molecule has 3 nitrogen and oxygen atoms in total. The summed E-state index contributed by atoms with van der Waals surface area (Å²) in [6.45, 7) is 5.72. The van der Waals surface area contributed by atoms with Crippen LogP contribution in [0.4, 0.5) is 5.69 Å². The molecule has 0 aliphatic rings. The van der Waals surface area contributed by atoms with Gasteiger partial charge in [0, 0.05) is 9.26 Å². The smallest absolute Gasteiger partial charge is 0.265 e. The van der Waals surface area contributed by atoms with E-state index in [9.17, 15) is 4.79 Å². The Morgan fingerprint density at radius 1 is 1.19 bits per heavy atom. The number of anilines is 1. The molecule has 21 heavy (non-hydrogen) atoms. The van der Waals surface area contributed by atoms with Crippen LogP contribution in [-0.2, 0) is 4.79 Å². The Balaban J connectivity index is 2.02. The highest BCUT2D eigenvalue weighted by molar-refractivity contribution is 14.1. The number of nitrogens with one attached hydrogen (secondary N) is 1. The van der Waals surface area contributed by atoms with E-state index in [4.69, 9.17) is 4.74 Å². The van der Waals surface area contributed by atoms with Crippen molar-refractivity contribution in [3.05, 3.63) is 57.2 Å². The molecule has 0 fully saturated rings. The van der Waals surface area contributed by atoms with Crippen molar-refractivity contribution in [2.75, 3.05) is 5.32 Å². The van der Waals surface area contributed by atoms with Gasteiger partial charge in [-0.1, -0.05) is 12.1 Å². The van der Waals surface area contributed by atoms with Crippen molar-refractivity contribution in [1.29, 1.82) is 0 Å². The zero-order chi connectivity index (χ0) is 15.4. The van der Waals surface area contributed by atoms with Gasteiger partial charge in [0.2, 0.25) is 0 Å². The van der Waals surface area contributed by atoms with E-state index in [2.05, 4.69) is 27.9 Å². The summed E-state index contributed by atoms with van der Waals surface area (Å²) >= 11 is 2.25. The summed E-state index contributed by atoms with van der Waals surface area (Å²) in [5.74, 6) is 0.554. The highest BCUT2D eigenvalue weighted by atomic mass is 127. The number of carbonyl (C=O) groups excluding carboxylic acids is 1. The van der Waals surface area contributed by atoms with E-state index in [1.54, 1.807) is 6.92 Å². The molecule has 0 bridgehead atoms. The summed E-state index contributed by atoms with van der Waals surface area (Å²) in [5, 5.41) is 2.90. The van der Waals surface area contributed by atoms with Gasteiger partial charge in [0.05, 0.1) is 0 Å². The molecule has 1 N–H and O–H groups in total. The quantitative estimate of drug-likeness (QED) is 0.784. The minimum Gasteiger partial charge on any atom is -0.481 e. The first kappa shape index (κ1) is 15.8. The third-order valence-electron chi connectivity index (χ3n) is 3.12. The molecule has 1 atom stereocenters. The molecule has 0 saturated heterocycles. The highest BCUT2D eigenvalue weighted by Gasteiger charge is 2.15. The molecular formula is C17H18INO2. The van der Waals surface area contributed by atoms with Crippen LogP contribution in [0.2, 0.25) is 0 Å². The lowest BCUT2D eigenvalue weighted by Crippen LogP contribution is -2.30. The van der Waals surface area contributed by atoms with E-state index in [0.29, 0.717) is 5.75 Å². The van der Waals surface area contributed by atoms with Gasteiger partial charge in [-0.2, -0.15) is 0 Å². The molecule has 0 aromatic heterocycles. The number of hydrogen-bond acceptors (Lipinski definition) is 2. The zero-order valence-electron chi connectivity index (χ0n) is 12.3. The fraction of sp³-hybridized carbons (Fsp3) is 0.235. The van der Waals surface area contributed by atoms with E-state index in [1.165, 1.54) is 0 Å². The van der Waals surface area contributed by atoms with Crippen LogP contribution in [0, 0.1) is 17.4 Å². The van der Waals surface area contributed by atoms with Gasteiger partial charge < -0.3 is 10.1 Å². The summed E-state index contributed by atoms with van der Waals surface area (Å²) in [5.41, 5.74) is 2.96. The zero-order valence-corrected chi connectivity index (χ0v) is 14.5. The molecule has 2 aromatic carbocycles. The number of benzene rings is 2. The van der Waals surface area contributed by atoms with E-state index in [1.807, 2.05) is 56.3 Å². The highest BCUT2D eigenvalue weighted by Crippen LogP contribution is 2.19. The molecule has 0 heterocycles. The Morgan fingerprint density at radius 3 is 2.62 bits per heavy atom. The summed E-state index contributed by atoms with van der Waals surface area (Å²) in [6, 6.07) is 13.6. The topological polar surface area (TPSA) is 38.3 Å². The van der Waals surface area contributed by atoms with Gasteiger partial charge in [-0.15, -0.1) is 0 Å². The standard InChI is InChI=1S/C17H18INO2/c1-11-5-4-6-15(9-11)21-13(3)17(20)19-16-8-7-14(18)10-12(16)2/h4-10,13H,1-3H3,(H,19,20). The fourth-order valence-corrected chi connectivity index (χ4v) is 2.59. The summed E-state index contributed by atoms with van der Waals surface area (Å²) in [6.07, 6.45) is -0.550. The van der Waals surface area contributed by atoms with Crippen LogP contribution in [0.15, 0.2) is 42.5 Å². The maximum atomic E-state index is 12.2. The molecule has 110 valence electrons. The predicted octanol–water partition coefficient (Wildman–Crippen LogP) is 4.31. The normalized spacial score (nSPS) is 11.8. The van der Waals surface area contributed by atoms with Crippen molar-refractivity contribution in [2.45, 2.75) is 26.9 Å². The average molecular weight is 395 g/mol. The third kappa shape index (κ3) is 4.46. The van der Waals surface area contributed by atoms with Crippen molar-refractivity contribution in [2.24, 2.45) is 0 Å². The molecule has 0 saturated carbocycles. The maximum absolute atomic E-state index is 12.2. The number of ether oxygens (including phenoxy) is 1. The second kappa shape index (κ2) is 6.93. The maximum Gasteiger partial charge on any atom is 0.265 e. The predicted molar refractivity (Wildman–Crippen MR) is 93.8 cm³/mol. The average Bonchev–Trinajstić information content (AvgIpc) is 2.41. The first-order valence-electron chi connectivity index (χ1n) is 6.76. The van der Waals surface area contributed by atoms with Crippen molar-refractivity contribution in [1.82, 2.24) is 0 Å². The summed E-state index contributed by atoms with van der Waals surface area (Å²) < 4.78 is 6.82. The molecule has 2 aromatic rings. The number of amides is 1. The number of aryl methyl sites for hydroxylation is 2. The van der Waals surface area contributed by atoms with E-state index in [-0.39, 0.29) is 5.91 Å². The minimum atomic E-state index is -0.550. The third-order valence-corrected chi connectivity index (χ3v) is 3.79. The van der Waals surface area contributed by atoms with E-state index >= 15 is 0 Å². The molecule has 0 radical (unpaired) electrons. The Kier molecular flexibility index (Phi) is 5.22. The molecule has 0 aliphatic carbocycles. The van der Waals surface area contributed by atoms with Crippen LogP contribution in [-0.4, -0.2) is 12.0 Å². The van der Waals surface area contributed by atoms with Crippen molar-refractivity contribution >= 4 is 34.2 Å². The van der Waals surface area contributed by atoms with Crippen molar-refractivity contribution in [3.8, 4) is 5.75 Å². The van der Waals surface area contributed by atoms with Crippen LogP contribution in [0.3, 0.4) is 0 Å². The largest absolute Gasteiger partial charge is 0.481 e. The lowest BCUT2D eigenvalue weighted by molar-refractivity contribution is -0.122. The van der Waals surface area contributed by atoms with Gasteiger partial charge in [0.1, 0.15) is 5.75 Å². The number of halogens is 1. The van der Waals surface area contributed by atoms with Gasteiger partial charge in [0.15, 0.2) is 6.10 Å². The SMILES string of the molecule is Cc1cccc(OC(C)C(=O)Nc2ccc(I)cc2C)c1. The second-order valence-electron chi connectivity index (χ2n) is 5.03. The second-order valence-corrected chi connectivity index (χ2v) is 6.27. The fourth-order valence-electron chi connectivity index (χ4n) is 1.95. The van der Waals surface area contributed by atoms with Crippen LogP contribution < -0.4 is 10.1 Å². The lowest BCUT2D eigenvalue weighted by atomic mass is 10.2. The Morgan fingerprint density at radius 2 is 1.95 bits per heavy atom. The van der Waals surface area contributed by atoms with Gasteiger partial charge in [-0.25, -0.2) is 0 Å². The van der Waals surface area contributed by atoms with Crippen molar-refractivity contribution in [3.63, 3.8) is 0 Å². The van der Waals surface area contributed by atoms with Gasteiger partial charge in [-0.3, -0.25) is 4.79 Å². The van der Waals surface area contributed by atoms with Crippen molar-refractivity contribution < 1.29 is 9.53 Å². The monoisotopic (exact) mass is 395 g/mol. The summed E-state index contributed by atoms with van der Waals surface area (Å²) in [4.78, 5) is 12.2. The molecule has 1 unspecified atom stereocenters. The first-order chi connectivity index (χ1) is 9.95. The molecule has 0 spiro atoms.